The van der Waals surface area contributed by atoms with E-state index in [1.165, 1.54) is 50.3 Å². The number of carboxylic acid groups (broad SMARTS) is 1. The second-order valence-electron chi connectivity index (χ2n) is 17.0. The summed E-state index contributed by atoms with van der Waals surface area (Å²) in [5, 5.41) is 17.9. The zero-order chi connectivity index (χ0) is 48.7. The number of nitrogens with zero attached hydrogens (tertiary/aromatic N) is 4. The number of nitrogens with one attached hydrogen (secondary N) is 3. The number of rotatable bonds is 15. The number of alkyl carbamates (subject to hydrolysis) is 1. The van der Waals surface area contributed by atoms with Crippen molar-refractivity contribution in [2.75, 3.05) is 57.0 Å². The minimum absolute atomic E-state index is 0.270. The summed E-state index contributed by atoms with van der Waals surface area (Å²) in [6.07, 6.45) is -4.97. The molecule has 20 heteroatoms. The molecule has 3 aromatic carbocycles. The molecule has 0 aliphatic carbocycles. The van der Waals surface area contributed by atoms with E-state index in [1.54, 1.807) is 38.1 Å². The number of amides is 6. The lowest BCUT2D eigenvalue weighted by molar-refractivity contribution is -0.144. The molecule has 6 rings (SSSR count). The number of likely N-dealkylation sites (tertiary alicyclic amines) is 2. The number of likely N-dealkylation sites (N-methyl/N-ethyl adjacent to an activating group) is 1. The number of ether oxygens (including phenoxy) is 3. The predicted molar refractivity (Wildman–Crippen MR) is 240 cm³/mol. The summed E-state index contributed by atoms with van der Waals surface area (Å²) in [4.78, 5) is 84.2. The third kappa shape index (κ3) is 11.2. The normalized spacial score (nSPS) is 21.2. The molecule has 3 aliphatic heterocycles. The Kier molecular flexibility index (Phi) is 16.0. The van der Waals surface area contributed by atoms with Crippen LogP contribution in [0.15, 0.2) is 72.8 Å². The predicted octanol–water partition coefficient (Wildman–Crippen LogP) is 6.42. The Morgan fingerprint density at radius 3 is 1.57 bits per heavy atom. The van der Waals surface area contributed by atoms with Crippen molar-refractivity contribution in [1.82, 2.24) is 20.0 Å². The molecule has 3 aromatic rings. The fourth-order valence-electron chi connectivity index (χ4n) is 9.26. The molecule has 3 saturated heterocycles. The number of hydrogen-bond donors (Lipinski definition) is 4. The first kappa shape index (κ1) is 50.0. The molecule has 17 nitrogen and oxygen atoms in total. The Bertz CT molecular complexity index is 2250. The van der Waals surface area contributed by atoms with E-state index in [-0.39, 0.29) is 18.6 Å². The summed E-state index contributed by atoms with van der Waals surface area (Å²) in [5.41, 5.74) is 2.39. The van der Waals surface area contributed by atoms with E-state index in [1.807, 2.05) is 24.3 Å². The molecule has 1 unspecified atom stereocenters. The number of halogens is 3. The van der Waals surface area contributed by atoms with Crippen molar-refractivity contribution in [3.8, 4) is 0 Å². The monoisotopic (exact) mass is 937 g/mol. The van der Waals surface area contributed by atoms with Gasteiger partial charge in [-0.1, -0.05) is 24.3 Å². The minimum atomic E-state index is -4.53. The van der Waals surface area contributed by atoms with E-state index < -0.39 is 83.9 Å². The Morgan fingerprint density at radius 2 is 1.15 bits per heavy atom. The Hall–Kier alpha value is -6.41. The van der Waals surface area contributed by atoms with Crippen LogP contribution in [0.5, 0.6) is 0 Å². The van der Waals surface area contributed by atoms with E-state index in [9.17, 15) is 47.0 Å². The number of carbonyl (C=O) groups is 6. The maximum atomic E-state index is 13.7. The highest BCUT2D eigenvalue weighted by Crippen LogP contribution is 2.47. The number of methoxy groups -OCH3 is 3. The smallest absolute Gasteiger partial charge is 0.416 e. The molecule has 3 heterocycles. The zero-order valence-electron chi connectivity index (χ0n) is 38.2. The summed E-state index contributed by atoms with van der Waals surface area (Å²) in [6.45, 7) is 3.79. The van der Waals surface area contributed by atoms with Crippen LogP contribution in [0.1, 0.15) is 81.1 Å². The van der Waals surface area contributed by atoms with Gasteiger partial charge in [-0.2, -0.15) is 13.2 Å². The van der Waals surface area contributed by atoms with Crippen LogP contribution in [-0.4, -0.2) is 133 Å². The Morgan fingerprint density at radius 1 is 0.687 bits per heavy atom. The fraction of sp³-hybridized carbons (Fsp3) is 0.489. The molecule has 3 aliphatic rings. The van der Waals surface area contributed by atoms with E-state index in [2.05, 4.69) is 25.6 Å². The van der Waals surface area contributed by atoms with Crippen LogP contribution in [0.2, 0.25) is 0 Å². The average molecular weight is 938 g/mol. The highest BCUT2D eigenvalue weighted by molar-refractivity contribution is 6.00. The van der Waals surface area contributed by atoms with Crippen molar-refractivity contribution >= 4 is 52.9 Å². The van der Waals surface area contributed by atoms with Crippen LogP contribution in [0.25, 0.3) is 0 Å². The van der Waals surface area contributed by atoms with E-state index in [0.29, 0.717) is 62.1 Å². The van der Waals surface area contributed by atoms with Crippen LogP contribution in [0.3, 0.4) is 0 Å². The number of anilines is 3. The molecule has 3 fully saturated rings. The summed E-state index contributed by atoms with van der Waals surface area (Å²) in [6, 6.07) is 14.8. The van der Waals surface area contributed by atoms with Crippen molar-refractivity contribution in [2.24, 2.45) is 0 Å². The first-order valence-corrected chi connectivity index (χ1v) is 22.1. The van der Waals surface area contributed by atoms with Crippen molar-refractivity contribution in [3.63, 3.8) is 0 Å². The van der Waals surface area contributed by atoms with Crippen LogP contribution in [0, 0.1) is 0 Å². The minimum Gasteiger partial charge on any atom is -0.465 e. The first-order valence-electron chi connectivity index (χ1n) is 22.1. The average Bonchev–Trinajstić information content (AvgIpc) is 4.12. The molecule has 0 spiro atoms. The second-order valence-corrected chi connectivity index (χ2v) is 17.0. The van der Waals surface area contributed by atoms with Crippen LogP contribution >= 0.6 is 0 Å². The number of carbonyl (C=O) groups excluding carboxylic acids is 5. The largest absolute Gasteiger partial charge is 0.465 e. The standard InChI is InChI=1S/C47H58F3N7O10/c1-27(65-4)39(53-45(62)67-6)43(60)55-25-7-9-37(55)41(58)51-32-17-11-29(12-18-32)35-23-24-36(57(35)34-21-15-31(16-22-34)47(48,49)50)30-13-19-33(20-14-30)52-42(59)38-10-8-26-56(38)44(61)40(28(2)66-5)54(3)46(63)64/h11-22,27-28,35-40H,7-10,23-26H2,1-6H3,(H,51,58)(H,52,59)(H,53,62)(H,63,64)/t27-,28-,35+,36+,37?,38-,39-,40-/m0/s1. The Balaban J connectivity index is 1.18. The Labute approximate surface area is 386 Å². The fourth-order valence-corrected chi connectivity index (χ4v) is 9.26. The zero-order valence-corrected chi connectivity index (χ0v) is 38.2. The third-order valence-electron chi connectivity index (χ3n) is 13.0. The van der Waals surface area contributed by atoms with Gasteiger partial charge in [-0.05, 0) is 112 Å². The summed E-state index contributed by atoms with van der Waals surface area (Å²) in [5.74, 6) is -1.85. The molecule has 8 atom stereocenters. The van der Waals surface area contributed by atoms with Crippen LogP contribution < -0.4 is 20.9 Å². The molecule has 0 radical (unpaired) electrons. The second kappa shape index (κ2) is 21.5. The van der Waals surface area contributed by atoms with Gasteiger partial charge in [-0.3, -0.25) is 24.1 Å². The van der Waals surface area contributed by atoms with Gasteiger partial charge in [0.25, 0.3) is 0 Å². The molecule has 0 saturated carbocycles. The van der Waals surface area contributed by atoms with Crippen molar-refractivity contribution in [1.29, 1.82) is 0 Å². The SMILES string of the molecule is COC(=O)N[C@H](C(=O)N1CCCC1C(=O)Nc1ccc([C@H]2CC[C@H](c3ccc(NC(=O)[C@@H]4CCCN4C(=O)[C@H]([C@H](C)OC)N(C)C(=O)O)cc3)N2c2ccc(C(F)(F)F)cc2)cc1)[C@H](C)OC. The number of benzene rings is 3. The van der Waals surface area contributed by atoms with Gasteiger partial charge in [0, 0.05) is 51.4 Å². The highest BCUT2D eigenvalue weighted by Gasteiger charge is 2.43. The summed E-state index contributed by atoms with van der Waals surface area (Å²) < 4.78 is 56.4. The lowest BCUT2D eigenvalue weighted by atomic mass is 10.0. The van der Waals surface area contributed by atoms with Crippen molar-refractivity contribution < 1.29 is 61.3 Å². The molecular formula is C47H58F3N7O10. The van der Waals surface area contributed by atoms with E-state index in [4.69, 9.17) is 9.47 Å². The van der Waals surface area contributed by atoms with Gasteiger partial charge in [-0.15, -0.1) is 0 Å². The molecule has 0 aromatic heterocycles. The first-order chi connectivity index (χ1) is 31.9. The summed E-state index contributed by atoms with van der Waals surface area (Å²) >= 11 is 0. The van der Waals surface area contributed by atoms with Crippen LogP contribution in [-0.2, 0) is 39.6 Å². The van der Waals surface area contributed by atoms with E-state index in [0.717, 1.165) is 28.2 Å². The van der Waals surface area contributed by atoms with Gasteiger partial charge in [0.15, 0.2) is 0 Å². The lowest BCUT2D eigenvalue weighted by Crippen LogP contribution is -2.56. The summed E-state index contributed by atoms with van der Waals surface area (Å²) in [7, 11) is 5.24. The molecule has 0 bridgehead atoms. The molecule has 6 amide bonds. The van der Waals surface area contributed by atoms with Gasteiger partial charge in [-0.25, -0.2) is 9.59 Å². The number of hydrogen-bond acceptors (Lipinski definition) is 10. The van der Waals surface area contributed by atoms with E-state index >= 15 is 0 Å². The molecule has 67 heavy (non-hydrogen) atoms. The molecular weight excluding hydrogens is 880 g/mol. The number of alkyl halides is 3. The lowest BCUT2D eigenvalue weighted by Gasteiger charge is -2.34. The van der Waals surface area contributed by atoms with Gasteiger partial charge in [0.05, 0.1) is 37.0 Å². The topological polar surface area (TPSA) is 199 Å². The van der Waals surface area contributed by atoms with Crippen molar-refractivity contribution in [2.45, 2.75) is 107 Å². The molecule has 4 N–H and O–H groups in total. The maximum absolute atomic E-state index is 13.7. The van der Waals surface area contributed by atoms with Gasteiger partial charge < -0.3 is 50.0 Å². The van der Waals surface area contributed by atoms with Gasteiger partial charge in [0.1, 0.15) is 24.2 Å². The quantitative estimate of drug-likeness (QED) is 0.131. The maximum Gasteiger partial charge on any atom is 0.416 e. The van der Waals surface area contributed by atoms with Crippen molar-refractivity contribution in [3.05, 3.63) is 89.5 Å². The van der Waals surface area contributed by atoms with Gasteiger partial charge in [0.2, 0.25) is 23.6 Å². The molecule has 362 valence electrons. The highest BCUT2D eigenvalue weighted by atomic mass is 19.4. The third-order valence-corrected chi connectivity index (χ3v) is 13.0. The van der Waals surface area contributed by atoms with Crippen LogP contribution in [0.4, 0.5) is 39.8 Å². The van der Waals surface area contributed by atoms with Gasteiger partial charge >= 0.3 is 18.4 Å².